The number of ether oxygens (including phenoxy) is 2. The molecule has 0 saturated carbocycles. The van der Waals surface area contributed by atoms with Crippen LogP contribution in [0.5, 0.6) is 0 Å². The number of hydrogen-bond donors (Lipinski definition) is 0. The van der Waals surface area contributed by atoms with E-state index >= 15 is 0 Å². The third kappa shape index (κ3) is 14.7. The van der Waals surface area contributed by atoms with E-state index in [9.17, 15) is 0 Å². The molecule has 0 fully saturated rings. The summed E-state index contributed by atoms with van der Waals surface area (Å²) >= 11 is 0. The summed E-state index contributed by atoms with van der Waals surface area (Å²) in [5, 5.41) is 0. The van der Waals surface area contributed by atoms with Crippen molar-refractivity contribution in [2.45, 2.75) is 66.0 Å². The molecule has 0 unspecified atom stereocenters. The molecule has 2 aliphatic rings. The quantitative estimate of drug-likeness (QED) is 0.250. The van der Waals surface area contributed by atoms with Crippen LogP contribution in [0.25, 0.3) is 0 Å². The smallest absolute Gasteiger partial charge is 0.629 e. The van der Waals surface area contributed by atoms with E-state index in [0.29, 0.717) is 13.2 Å². The van der Waals surface area contributed by atoms with E-state index in [2.05, 4.69) is 51.4 Å². The molecule has 0 N–H and O–H groups in total. The summed E-state index contributed by atoms with van der Waals surface area (Å²) in [5.41, 5.74) is 0. The fourth-order valence-corrected chi connectivity index (χ4v) is 3.87. The van der Waals surface area contributed by atoms with E-state index in [1.54, 1.807) is 0 Å². The second-order valence-electron chi connectivity index (χ2n) is 7.85. The Kier molecular flexibility index (Phi) is 18.4. The summed E-state index contributed by atoms with van der Waals surface area (Å²) in [6.45, 7) is 18.3. The molecule has 9 heteroatoms. The van der Waals surface area contributed by atoms with Crippen molar-refractivity contribution in [2.75, 3.05) is 13.2 Å². The first kappa shape index (κ1) is 33.7. The Morgan fingerprint density at radius 2 is 1.03 bits per heavy atom. The Morgan fingerprint density at radius 3 is 1.28 bits per heavy atom. The Balaban J connectivity index is -0.000000422. The minimum Gasteiger partial charge on any atom is -0.629 e. The van der Waals surface area contributed by atoms with Gasteiger partial charge in [-0.15, -0.1) is 49.8 Å². The molecule has 4 nitrogen and oxygen atoms in total. The van der Waals surface area contributed by atoms with Crippen molar-refractivity contribution in [3.8, 4) is 0 Å². The average molecular weight is 559 g/mol. The molecule has 0 amide bonds. The first-order valence-corrected chi connectivity index (χ1v) is 16.1. The van der Waals surface area contributed by atoms with Crippen molar-refractivity contribution in [1.82, 2.24) is 0 Å². The van der Waals surface area contributed by atoms with Crippen molar-refractivity contribution < 1.29 is 44.5 Å². The first-order valence-electron chi connectivity index (χ1n) is 9.32. The van der Waals surface area contributed by atoms with Crippen molar-refractivity contribution in [1.29, 1.82) is 0 Å². The normalized spacial score (nSPS) is 14.9. The van der Waals surface area contributed by atoms with Gasteiger partial charge in [0.2, 0.25) is 16.6 Å². The minimum absolute atomic E-state index is 0. The third-order valence-electron chi connectivity index (χ3n) is 2.96. The fraction of sp³-hybridized carbons (Fsp3) is 0.600. The maximum atomic E-state index is 5.84. The molecule has 0 atom stereocenters. The van der Waals surface area contributed by atoms with Crippen LogP contribution in [0.1, 0.15) is 26.7 Å². The largest absolute Gasteiger partial charge is 2.00 e. The molecule has 0 bridgehead atoms. The topological polar surface area (TPSA) is 36.9 Å². The summed E-state index contributed by atoms with van der Waals surface area (Å²) in [4.78, 5) is 0. The molecule has 2 rings (SSSR count). The van der Waals surface area contributed by atoms with Crippen molar-refractivity contribution in [3.63, 3.8) is 0 Å². The average Bonchev–Trinajstić information content (AvgIpc) is 3.08. The molecule has 0 aromatic heterocycles. The van der Waals surface area contributed by atoms with Crippen molar-refractivity contribution in [2.24, 2.45) is 0 Å². The number of hydrogen-bond acceptors (Lipinski definition) is 4. The van der Waals surface area contributed by atoms with Crippen LogP contribution in [0.4, 0.5) is 0 Å². The van der Waals surface area contributed by atoms with Gasteiger partial charge in [-0.2, -0.15) is 0 Å². The van der Waals surface area contributed by atoms with Crippen LogP contribution in [0.3, 0.4) is 0 Å². The van der Waals surface area contributed by atoms with Gasteiger partial charge in [-0.25, -0.2) is 12.2 Å². The Labute approximate surface area is 211 Å². The molecule has 0 spiro atoms. The summed E-state index contributed by atoms with van der Waals surface area (Å²) in [6.07, 6.45) is 11.9. The van der Waals surface area contributed by atoms with Gasteiger partial charge in [0.25, 0.3) is 0 Å². The van der Waals surface area contributed by atoms with E-state index in [0.717, 1.165) is 35.9 Å². The van der Waals surface area contributed by atoms with Gasteiger partial charge < -0.3 is 18.3 Å². The van der Waals surface area contributed by atoms with Crippen LogP contribution in [-0.2, 0) is 44.5 Å². The van der Waals surface area contributed by atoms with Gasteiger partial charge in [0, 0.05) is 0 Å². The summed E-state index contributed by atoms with van der Waals surface area (Å²) in [7, 11) is -3.00. The van der Waals surface area contributed by atoms with Gasteiger partial charge in [-0.1, -0.05) is 0 Å². The van der Waals surface area contributed by atoms with Crippen LogP contribution in [0.15, 0.2) is 35.2 Å². The zero-order valence-corrected chi connectivity index (χ0v) is 25.0. The van der Waals surface area contributed by atoms with E-state index in [4.69, 9.17) is 18.3 Å². The fourth-order valence-electron chi connectivity index (χ4n) is 2.20. The van der Waals surface area contributed by atoms with Crippen LogP contribution in [-0.4, -0.2) is 29.8 Å². The van der Waals surface area contributed by atoms with Crippen LogP contribution in [0, 0.1) is 12.2 Å². The van der Waals surface area contributed by atoms with Crippen LogP contribution < -0.4 is 0 Å². The van der Waals surface area contributed by atoms with Crippen molar-refractivity contribution >= 4 is 41.4 Å². The van der Waals surface area contributed by atoms with E-state index < -0.39 is 16.6 Å². The summed E-state index contributed by atoms with van der Waals surface area (Å²) in [5.74, 6) is 3.37. The van der Waals surface area contributed by atoms with Gasteiger partial charge in [0.05, 0.1) is 13.2 Å². The maximum absolute atomic E-state index is 5.84. The van der Waals surface area contributed by atoms with Gasteiger partial charge in [-0.3, -0.25) is 0 Å². The van der Waals surface area contributed by atoms with E-state index in [1.807, 2.05) is 26.0 Å². The molecule has 0 aromatic carbocycles. The standard InChI is InChI=1S/2C10H17O2Si.2ClH.Zr/c2*1-5-11-9-7-6-8-10(9)12-13(2,3)4;;;/h2*8H,5-6H2,1-4H3;2*1H;/q2*-1;;;+2. The van der Waals surface area contributed by atoms with Gasteiger partial charge in [-0.05, 0) is 76.2 Å². The minimum atomic E-state index is -1.50. The second kappa shape index (κ2) is 15.8. The monoisotopic (exact) mass is 556 g/mol. The molecule has 0 aromatic rings. The molecule has 2 aliphatic carbocycles. The number of halogens is 2. The molecule has 29 heavy (non-hydrogen) atoms. The van der Waals surface area contributed by atoms with Crippen LogP contribution in [0.2, 0.25) is 39.3 Å². The SMILES string of the molecule is CCOC1=[C-]CC=C1O[Si](C)(C)C.CCOC1=[C-]CC=C1O[Si](C)(C)C.Cl.Cl.[Zr+2]. The molecule has 0 aliphatic heterocycles. The van der Waals surface area contributed by atoms with Crippen molar-refractivity contribution in [3.05, 3.63) is 47.3 Å². The zero-order chi connectivity index (χ0) is 19.8. The predicted octanol–water partition coefficient (Wildman–Crippen LogP) is 6.54. The third-order valence-corrected chi connectivity index (χ3v) is 4.62. The molecular weight excluding hydrogens is 523 g/mol. The molecule has 0 radical (unpaired) electrons. The van der Waals surface area contributed by atoms with Gasteiger partial charge in [0.15, 0.2) is 0 Å². The Morgan fingerprint density at radius 1 is 0.724 bits per heavy atom. The maximum Gasteiger partial charge on any atom is 2.00 e. The molecular formula is C20H36Cl2O4Si2Zr. The van der Waals surface area contributed by atoms with Gasteiger partial charge >= 0.3 is 26.2 Å². The van der Waals surface area contributed by atoms with E-state index in [1.165, 1.54) is 0 Å². The first-order chi connectivity index (χ1) is 12.1. The molecule has 0 saturated heterocycles. The zero-order valence-electron chi connectivity index (χ0n) is 18.9. The molecule has 0 heterocycles. The second-order valence-corrected chi connectivity index (χ2v) is 16.7. The number of rotatable bonds is 8. The Hall–Kier alpha value is 0.0569. The predicted molar refractivity (Wildman–Crippen MR) is 126 cm³/mol. The summed E-state index contributed by atoms with van der Waals surface area (Å²) in [6, 6.07) is 0. The Bertz CT molecular complexity index is 540. The van der Waals surface area contributed by atoms with E-state index in [-0.39, 0.29) is 51.0 Å². The van der Waals surface area contributed by atoms with Crippen LogP contribution >= 0.6 is 24.8 Å². The van der Waals surface area contributed by atoms with Gasteiger partial charge in [0.1, 0.15) is 0 Å². The number of allylic oxidation sites excluding steroid dienone is 4. The molecule has 166 valence electrons. The summed E-state index contributed by atoms with van der Waals surface area (Å²) < 4.78 is 22.5.